The lowest BCUT2D eigenvalue weighted by atomic mass is 9.99. The summed E-state index contributed by atoms with van der Waals surface area (Å²) in [6, 6.07) is 0. The monoisotopic (exact) mass is 240 g/mol. The number of hydrogen-bond acceptors (Lipinski definition) is 5. The maximum atomic E-state index is 9.04. The zero-order valence-corrected chi connectivity index (χ0v) is 9.91. The van der Waals surface area contributed by atoms with Crippen molar-refractivity contribution in [2.24, 2.45) is 5.16 Å². The topological polar surface area (TPSA) is 74.2 Å². The molecule has 88 valence electrons. The van der Waals surface area contributed by atoms with Crippen LogP contribution in [0.3, 0.4) is 0 Å². The van der Waals surface area contributed by atoms with Gasteiger partial charge in [0.1, 0.15) is 6.33 Å². The number of oxime groups is 1. The van der Waals surface area contributed by atoms with Gasteiger partial charge in [0.25, 0.3) is 0 Å². The van der Waals surface area contributed by atoms with E-state index in [1.807, 2.05) is 0 Å². The average molecular weight is 240 g/mol. The summed E-state index contributed by atoms with van der Waals surface area (Å²) >= 11 is 1.61. The lowest BCUT2D eigenvalue weighted by Gasteiger charge is -2.19. The van der Waals surface area contributed by atoms with Crippen LogP contribution in [0.2, 0.25) is 0 Å². The van der Waals surface area contributed by atoms with Crippen molar-refractivity contribution in [1.29, 1.82) is 0 Å². The SMILES string of the molecule is O/N=C1\CCCCCC[C@H]1Sc1ncn[nH]1. The minimum absolute atomic E-state index is 0.234. The van der Waals surface area contributed by atoms with Crippen LogP contribution in [0.1, 0.15) is 38.5 Å². The van der Waals surface area contributed by atoms with Gasteiger partial charge in [0.05, 0.1) is 11.0 Å². The smallest absolute Gasteiger partial charge is 0.184 e. The summed E-state index contributed by atoms with van der Waals surface area (Å²) in [4.78, 5) is 4.09. The van der Waals surface area contributed by atoms with Gasteiger partial charge in [-0.05, 0) is 19.3 Å². The van der Waals surface area contributed by atoms with Gasteiger partial charge in [-0.25, -0.2) is 4.98 Å². The van der Waals surface area contributed by atoms with Crippen LogP contribution in [0.5, 0.6) is 0 Å². The van der Waals surface area contributed by atoms with Crippen LogP contribution < -0.4 is 0 Å². The maximum Gasteiger partial charge on any atom is 0.184 e. The molecule has 5 nitrogen and oxygen atoms in total. The summed E-state index contributed by atoms with van der Waals surface area (Å²) in [5.41, 5.74) is 0.890. The molecule has 0 aromatic carbocycles. The minimum atomic E-state index is 0.234. The van der Waals surface area contributed by atoms with Crippen molar-refractivity contribution >= 4 is 17.5 Å². The Kier molecular flexibility index (Phi) is 4.21. The molecule has 0 saturated heterocycles. The van der Waals surface area contributed by atoms with Gasteiger partial charge in [-0.15, -0.1) is 0 Å². The van der Waals surface area contributed by atoms with E-state index in [0.717, 1.165) is 30.1 Å². The number of nitrogens with one attached hydrogen (secondary N) is 1. The highest BCUT2D eigenvalue weighted by atomic mass is 32.2. The highest BCUT2D eigenvalue weighted by Crippen LogP contribution is 2.28. The number of nitrogens with zero attached hydrogens (tertiary/aromatic N) is 3. The third-order valence-corrected chi connectivity index (χ3v) is 4.01. The van der Waals surface area contributed by atoms with E-state index in [-0.39, 0.29) is 5.25 Å². The molecule has 0 aliphatic heterocycles. The quantitative estimate of drug-likeness (QED) is 0.615. The first-order valence-corrected chi connectivity index (χ1v) is 6.51. The summed E-state index contributed by atoms with van der Waals surface area (Å²) in [6.45, 7) is 0. The largest absolute Gasteiger partial charge is 0.411 e. The van der Waals surface area contributed by atoms with E-state index in [0.29, 0.717) is 0 Å². The Balaban J connectivity index is 2.02. The maximum absolute atomic E-state index is 9.04. The van der Waals surface area contributed by atoms with E-state index in [1.54, 1.807) is 11.8 Å². The molecular formula is C10H16N4OS. The van der Waals surface area contributed by atoms with Crippen molar-refractivity contribution < 1.29 is 5.21 Å². The van der Waals surface area contributed by atoms with Gasteiger partial charge in [-0.2, -0.15) is 5.10 Å². The molecule has 1 aliphatic rings. The molecule has 0 amide bonds. The van der Waals surface area contributed by atoms with Crippen LogP contribution in [0.4, 0.5) is 0 Å². The Labute approximate surface area is 98.7 Å². The van der Waals surface area contributed by atoms with Gasteiger partial charge >= 0.3 is 0 Å². The van der Waals surface area contributed by atoms with Crippen LogP contribution >= 0.6 is 11.8 Å². The number of H-pyrrole nitrogens is 1. The van der Waals surface area contributed by atoms with Crippen LogP contribution in [0, 0.1) is 0 Å². The molecule has 6 heteroatoms. The Bertz CT molecular complexity index is 339. The molecule has 0 spiro atoms. The molecule has 1 atom stereocenters. The molecule has 2 rings (SSSR count). The normalized spacial score (nSPS) is 25.2. The third-order valence-electron chi connectivity index (χ3n) is 2.80. The van der Waals surface area contributed by atoms with Gasteiger partial charge in [0.15, 0.2) is 5.16 Å². The summed E-state index contributed by atoms with van der Waals surface area (Å²) < 4.78 is 0. The number of rotatable bonds is 2. The van der Waals surface area contributed by atoms with Crippen LogP contribution in [-0.2, 0) is 0 Å². The first-order chi connectivity index (χ1) is 7.90. The second-order valence-corrected chi connectivity index (χ2v) is 5.13. The lowest BCUT2D eigenvalue weighted by Crippen LogP contribution is -2.19. The minimum Gasteiger partial charge on any atom is -0.411 e. The molecular weight excluding hydrogens is 224 g/mol. The average Bonchev–Trinajstić information content (AvgIpc) is 2.75. The predicted molar refractivity (Wildman–Crippen MR) is 63.0 cm³/mol. The van der Waals surface area contributed by atoms with Crippen molar-refractivity contribution in [1.82, 2.24) is 15.2 Å². The van der Waals surface area contributed by atoms with Crippen molar-refractivity contribution in [3.05, 3.63) is 6.33 Å². The highest BCUT2D eigenvalue weighted by Gasteiger charge is 2.20. The fourth-order valence-corrected chi connectivity index (χ4v) is 3.01. The van der Waals surface area contributed by atoms with Crippen molar-refractivity contribution in [2.45, 2.75) is 48.9 Å². The summed E-state index contributed by atoms with van der Waals surface area (Å²) in [5, 5.41) is 20.2. The van der Waals surface area contributed by atoms with E-state index in [4.69, 9.17) is 5.21 Å². The number of aromatic amines is 1. The second-order valence-electron chi connectivity index (χ2n) is 3.94. The summed E-state index contributed by atoms with van der Waals surface area (Å²) in [7, 11) is 0. The van der Waals surface area contributed by atoms with E-state index in [9.17, 15) is 0 Å². The zero-order valence-electron chi connectivity index (χ0n) is 9.09. The van der Waals surface area contributed by atoms with Gasteiger partial charge in [-0.1, -0.05) is 36.2 Å². The fourth-order valence-electron chi connectivity index (χ4n) is 1.94. The van der Waals surface area contributed by atoms with Crippen LogP contribution in [0.15, 0.2) is 16.6 Å². The molecule has 1 saturated carbocycles. The molecule has 1 fully saturated rings. The van der Waals surface area contributed by atoms with Gasteiger partial charge in [0.2, 0.25) is 0 Å². The third kappa shape index (κ3) is 2.98. The van der Waals surface area contributed by atoms with Gasteiger partial charge in [-0.3, -0.25) is 5.10 Å². The molecule has 2 N–H and O–H groups in total. The van der Waals surface area contributed by atoms with E-state index in [1.165, 1.54) is 25.6 Å². The zero-order chi connectivity index (χ0) is 11.2. The first-order valence-electron chi connectivity index (χ1n) is 5.63. The van der Waals surface area contributed by atoms with Crippen LogP contribution in [0.25, 0.3) is 0 Å². The molecule has 1 aliphatic carbocycles. The molecule has 0 bridgehead atoms. The van der Waals surface area contributed by atoms with Crippen molar-refractivity contribution in [3.63, 3.8) is 0 Å². The summed E-state index contributed by atoms with van der Waals surface area (Å²) in [5.74, 6) is 0. The predicted octanol–water partition coefficient (Wildman–Crippen LogP) is 2.45. The summed E-state index contributed by atoms with van der Waals surface area (Å²) in [6.07, 6.45) is 8.25. The fraction of sp³-hybridized carbons (Fsp3) is 0.700. The molecule has 16 heavy (non-hydrogen) atoms. The first kappa shape index (κ1) is 11.4. The number of thioether (sulfide) groups is 1. The molecule has 0 radical (unpaired) electrons. The van der Waals surface area contributed by atoms with E-state index in [2.05, 4.69) is 20.3 Å². The van der Waals surface area contributed by atoms with E-state index < -0.39 is 0 Å². The Hall–Kier alpha value is -1.04. The molecule has 1 heterocycles. The molecule has 0 unspecified atom stereocenters. The Morgan fingerprint density at radius 1 is 1.38 bits per heavy atom. The highest BCUT2D eigenvalue weighted by molar-refractivity contribution is 8.00. The molecule has 1 aromatic heterocycles. The lowest BCUT2D eigenvalue weighted by molar-refractivity contribution is 0.315. The Morgan fingerprint density at radius 2 is 2.25 bits per heavy atom. The number of aromatic nitrogens is 3. The van der Waals surface area contributed by atoms with Gasteiger partial charge < -0.3 is 5.21 Å². The number of hydrogen-bond donors (Lipinski definition) is 2. The van der Waals surface area contributed by atoms with Crippen LogP contribution in [-0.4, -0.2) is 31.4 Å². The van der Waals surface area contributed by atoms with Crippen molar-refractivity contribution in [3.8, 4) is 0 Å². The Morgan fingerprint density at radius 3 is 3.00 bits per heavy atom. The van der Waals surface area contributed by atoms with Crippen molar-refractivity contribution in [2.75, 3.05) is 0 Å². The van der Waals surface area contributed by atoms with E-state index >= 15 is 0 Å². The standard InChI is InChI=1S/C10H16N4OS/c15-14-8-5-3-1-2-4-6-9(8)16-10-11-7-12-13-10/h7,9,15H,1-6H2,(H,11,12,13)/b14-8+/t9-/m1/s1. The van der Waals surface area contributed by atoms with Gasteiger partial charge in [0, 0.05) is 0 Å². The molecule has 1 aromatic rings. The second kappa shape index (κ2) is 5.89.